The van der Waals surface area contributed by atoms with Crippen molar-refractivity contribution in [1.82, 2.24) is 4.98 Å². The molecular formula is C13H15NO2. The van der Waals surface area contributed by atoms with Crippen molar-refractivity contribution in [1.29, 1.82) is 0 Å². The minimum absolute atomic E-state index is 0.0251. The quantitative estimate of drug-likeness (QED) is 0.824. The molecule has 1 heterocycles. The van der Waals surface area contributed by atoms with Crippen LogP contribution in [0.5, 0.6) is 5.75 Å². The number of ether oxygens (including phenoxy) is 1. The molecule has 1 atom stereocenters. The van der Waals surface area contributed by atoms with Gasteiger partial charge in [-0.15, -0.1) is 0 Å². The van der Waals surface area contributed by atoms with E-state index >= 15 is 0 Å². The fourth-order valence-electron chi connectivity index (χ4n) is 1.79. The molecule has 0 amide bonds. The van der Waals surface area contributed by atoms with Crippen molar-refractivity contribution < 1.29 is 9.84 Å². The Morgan fingerprint density at radius 2 is 1.94 bits per heavy atom. The number of methoxy groups -OCH3 is 1. The number of nitrogens with one attached hydrogen (secondary N) is 1. The van der Waals surface area contributed by atoms with Gasteiger partial charge in [-0.3, -0.25) is 0 Å². The van der Waals surface area contributed by atoms with E-state index in [1.165, 1.54) is 0 Å². The largest absolute Gasteiger partial charge is 0.497 e. The zero-order valence-corrected chi connectivity index (χ0v) is 9.18. The van der Waals surface area contributed by atoms with Gasteiger partial charge in [0.1, 0.15) is 5.75 Å². The molecule has 0 aliphatic carbocycles. The molecule has 0 saturated carbocycles. The molecule has 1 aromatic carbocycles. The summed E-state index contributed by atoms with van der Waals surface area (Å²) in [5.74, 6) is 0.853. The Bertz CT molecular complexity index is 420. The van der Waals surface area contributed by atoms with Gasteiger partial charge in [0.25, 0.3) is 0 Å². The fourth-order valence-corrected chi connectivity index (χ4v) is 1.79. The van der Waals surface area contributed by atoms with E-state index in [-0.39, 0.29) is 12.5 Å². The predicted molar refractivity (Wildman–Crippen MR) is 62.7 cm³/mol. The third-order valence-electron chi connectivity index (χ3n) is 2.73. The molecule has 1 unspecified atom stereocenters. The number of rotatable bonds is 4. The highest BCUT2D eigenvalue weighted by Crippen LogP contribution is 2.25. The van der Waals surface area contributed by atoms with Crippen LogP contribution >= 0.6 is 0 Å². The van der Waals surface area contributed by atoms with E-state index in [4.69, 9.17) is 4.74 Å². The van der Waals surface area contributed by atoms with Crippen LogP contribution in [0.1, 0.15) is 17.0 Å². The van der Waals surface area contributed by atoms with E-state index in [9.17, 15) is 5.11 Å². The lowest BCUT2D eigenvalue weighted by molar-refractivity contribution is 0.280. The van der Waals surface area contributed by atoms with Crippen molar-refractivity contribution in [3.05, 3.63) is 53.9 Å². The maximum atomic E-state index is 9.43. The smallest absolute Gasteiger partial charge is 0.118 e. The summed E-state index contributed by atoms with van der Waals surface area (Å²) in [6, 6.07) is 9.75. The van der Waals surface area contributed by atoms with Gasteiger partial charge in [0, 0.05) is 18.3 Å². The molecule has 3 heteroatoms. The summed E-state index contributed by atoms with van der Waals surface area (Å²) < 4.78 is 5.10. The number of aromatic amines is 1. The first-order valence-corrected chi connectivity index (χ1v) is 5.22. The normalized spacial score (nSPS) is 12.4. The van der Waals surface area contributed by atoms with Crippen molar-refractivity contribution in [2.24, 2.45) is 0 Å². The molecule has 0 fully saturated rings. The number of aliphatic hydroxyl groups is 1. The molecule has 1 aromatic heterocycles. The van der Waals surface area contributed by atoms with Crippen LogP contribution in [0.4, 0.5) is 0 Å². The molecule has 16 heavy (non-hydrogen) atoms. The molecule has 3 nitrogen and oxygen atoms in total. The highest BCUT2D eigenvalue weighted by Gasteiger charge is 2.13. The standard InChI is InChI=1S/C13H15NO2/c1-16-12-4-2-10(3-5-12)13(9-15)11-6-7-14-8-11/h2-8,13-15H,9H2,1H3. The summed E-state index contributed by atoms with van der Waals surface area (Å²) in [6.45, 7) is 0.101. The maximum absolute atomic E-state index is 9.43. The summed E-state index contributed by atoms with van der Waals surface area (Å²) >= 11 is 0. The number of hydrogen-bond donors (Lipinski definition) is 2. The number of aliphatic hydroxyl groups excluding tert-OH is 1. The first-order chi connectivity index (χ1) is 7.85. The van der Waals surface area contributed by atoms with Gasteiger partial charge in [-0.1, -0.05) is 12.1 Å². The molecule has 0 aliphatic rings. The zero-order chi connectivity index (χ0) is 11.4. The van der Waals surface area contributed by atoms with Gasteiger partial charge >= 0.3 is 0 Å². The van der Waals surface area contributed by atoms with Gasteiger partial charge in [-0.2, -0.15) is 0 Å². The Hall–Kier alpha value is -1.74. The van der Waals surface area contributed by atoms with E-state index < -0.39 is 0 Å². The van der Waals surface area contributed by atoms with Crippen molar-refractivity contribution in [3.63, 3.8) is 0 Å². The fraction of sp³-hybridized carbons (Fsp3) is 0.231. The number of H-pyrrole nitrogens is 1. The summed E-state index contributed by atoms with van der Waals surface area (Å²) in [7, 11) is 1.64. The van der Waals surface area contributed by atoms with Crippen LogP contribution in [0.2, 0.25) is 0 Å². The number of benzene rings is 1. The minimum Gasteiger partial charge on any atom is -0.497 e. The lowest BCUT2D eigenvalue weighted by Gasteiger charge is -2.13. The van der Waals surface area contributed by atoms with Crippen LogP contribution in [-0.2, 0) is 0 Å². The van der Waals surface area contributed by atoms with E-state index in [1.54, 1.807) is 7.11 Å². The Morgan fingerprint density at radius 3 is 2.44 bits per heavy atom. The predicted octanol–water partition coefficient (Wildman–Crippen LogP) is 2.15. The van der Waals surface area contributed by atoms with Crippen molar-refractivity contribution in [3.8, 4) is 5.75 Å². The topological polar surface area (TPSA) is 45.2 Å². The molecule has 2 rings (SSSR count). The van der Waals surface area contributed by atoms with Crippen LogP contribution in [0.25, 0.3) is 0 Å². The van der Waals surface area contributed by atoms with Crippen molar-refractivity contribution in [2.75, 3.05) is 13.7 Å². The molecule has 84 valence electrons. The van der Waals surface area contributed by atoms with Crippen LogP contribution in [0.3, 0.4) is 0 Å². The lowest BCUT2D eigenvalue weighted by Crippen LogP contribution is -2.04. The van der Waals surface area contributed by atoms with E-state index in [2.05, 4.69) is 4.98 Å². The van der Waals surface area contributed by atoms with Gasteiger partial charge in [0.15, 0.2) is 0 Å². The summed E-state index contributed by atoms with van der Waals surface area (Å²) in [4.78, 5) is 3.00. The number of aromatic nitrogens is 1. The highest BCUT2D eigenvalue weighted by atomic mass is 16.5. The number of hydrogen-bond acceptors (Lipinski definition) is 2. The third kappa shape index (κ3) is 2.09. The Kier molecular flexibility index (Phi) is 3.27. The lowest BCUT2D eigenvalue weighted by atomic mass is 9.94. The minimum atomic E-state index is 0.0251. The van der Waals surface area contributed by atoms with Gasteiger partial charge in [0.2, 0.25) is 0 Å². The first kappa shape index (κ1) is 10.8. The molecule has 0 radical (unpaired) electrons. The summed E-state index contributed by atoms with van der Waals surface area (Å²) in [5, 5.41) is 9.43. The molecule has 0 saturated heterocycles. The molecule has 0 bridgehead atoms. The molecule has 2 N–H and O–H groups in total. The van der Waals surface area contributed by atoms with Crippen LogP contribution in [-0.4, -0.2) is 23.8 Å². The third-order valence-corrected chi connectivity index (χ3v) is 2.73. The van der Waals surface area contributed by atoms with Crippen LogP contribution < -0.4 is 4.74 Å². The van der Waals surface area contributed by atoms with E-state index in [1.807, 2.05) is 42.7 Å². The zero-order valence-electron chi connectivity index (χ0n) is 9.18. The molecule has 0 aliphatic heterocycles. The average Bonchev–Trinajstić information content (AvgIpc) is 2.85. The SMILES string of the molecule is COc1ccc(C(CO)c2cc[nH]c2)cc1. The summed E-state index contributed by atoms with van der Waals surface area (Å²) in [5.41, 5.74) is 2.18. The average molecular weight is 217 g/mol. The van der Waals surface area contributed by atoms with Gasteiger partial charge in [-0.05, 0) is 29.3 Å². The second kappa shape index (κ2) is 4.86. The second-order valence-corrected chi connectivity index (χ2v) is 3.65. The van der Waals surface area contributed by atoms with Crippen LogP contribution in [0, 0.1) is 0 Å². The Balaban J connectivity index is 2.27. The monoisotopic (exact) mass is 217 g/mol. The van der Waals surface area contributed by atoms with E-state index in [0.717, 1.165) is 16.9 Å². The second-order valence-electron chi connectivity index (χ2n) is 3.65. The molecule has 0 spiro atoms. The van der Waals surface area contributed by atoms with Gasteiger partial charge in [0.05, 0.1) is 13.7 Å². The maximum Gasteiger partial charge on any atom is 0.118 e. The van der Waals surface area contributed by atoms with Crippen molar-refractivity contribution in [2.45, 2.75) is 5.92 Å². The van der Waals surface area contributed by atoms with Gasteiger partial charge < -0.3 is 14.8 Å². The molecule has 2 aromatic rings. The van der Waals surface area contributed by atoms with Gasteiger partial charge in [-0.25, -0.2) is 0 Å². The highest BCUT2D eigenvalue weighted by molar-refractivity contribution is 5.35. The van der Waals surface area contributed by atoms with Crippen LogP contribution in [0.15, 0.2) is 42.7 Å². The summed E-state index contributed by atoms with van der Waals surface area (Å²) in [6.07, 6.45) is 3.77. The van der Waals surface area contributed by atoms with Crippen molar-refractivity contribution >= 4 is 0 Å². The Morgan fingerprint density at radius 1 is 1.19 bits per heavy atom. The van der Waals surface area contributed by atoms with E-state index in [0.29, 0.717) is 0 Å². The first-order valence-electron chi connectivity index (χ1n) is 5.22. The Labute approximate surface area is 94.7 Å². The molecular weight excluding hydrogens is 202 g/mol.